The van der Waals surface area contributed by atoms with Gasteiger partial charge in [0.1, 0.15) is 0 Å². The molecule has 0 rings (SSSR count). The Morgan fingerprint density at radius 3 is 0.760 bits per heavy atom. The second kappa shape index (κ2) is 7.39. The van der Waals surface area contributed by atoms with E-state index in [9.17, 15) is 64.8 Å². The van der Waals surface area contributed by atoms with Crippen molar-refractivity contribution in [3.63, 3.8) is 0 Å². The molecule has 0 unspecified atom stereocenters. The second-order valence-corrected chi connectivity index (χ2v) is 16.0. The molecule has 25 heavy (non-hydrogen) atoms. The Morgan fingerprint density at radius 2 is 0.640 bits per heavy atom. The molecular weight excluding hydrogens is 506 g/mol. The summed E-state index contributed by atoms with van der Waals surface area (Å²) in [6.45, 7) is 0. The predicted molar refractivity (Wildman–Crippen MR) is 73.5 cm³/mol. The number of halogens is 9. The molecule has 0 saturated heterocycles. The van der Waals surface area contributed by atoms with E-state index in [-0.39, 0.29) is 0 Å². The van der Waals surface area contributed by atoms with Crippen molar-refractivity contribution in [2.24, 2.45) is 0 Å². The van der Waals surface area contributed by atoms with Gasteiger partial charge in [-0.1, -0.05) is 0 Å². The molecule has 0 aromatic heterocycles. The minimum atomic E-state index is -6.52. The minimum Gasteiger partial charge on any atom is -0.209 e. The summed E-state index contributed by atoms with van der Waals surface area (Å²) in [5.74, 6) is 0. The zero-order valence-corrected chi connectivity index (χ0v) is 15.3. The Kier molecular flexibility index (Phi) is 7.49. The van der Waals surface area contributed by atoms with Crippen LogP contribution in [0.2, 0.25) is 0 Å². The maximum Gasteiger partial charge on any atom is 0.506 e. The maximum atomic E-state index is 12.2. The van der Waals surface area contributed by atoms with Crippen molar-refractivity contribution in [2.45, 2.75) is 16.5 Å². The van der Waals surface area contributed by atoms with E-state index >= 15 is 0 Å². The standard InChI is InChI=1S/C3BF9O6S6/c5-1(6,7)23(14,15)20-4(21-24(16,17)2(8,9)10)22-25(18,19)3(11,12)13. The van der Waals surface area contributed by atoms with Gasteiger partial charge in [-0.05, 0) is 31.9 Å². The smallest absolute Gasteiger partial charge is 0.209 e. The van der Waals surface area contributed by atoms with Crippen LogP contribution in [0, 0.1) is 0 Å². The van der Waals surface area contributed by atoms with Gasteiger partial charge in [-0.2, -0.15) is 39.5 Å². The highest BCUT2D eigenvalue weighted by atomic mass is 33.2. The molecule has 0 N–H and O–H groups in total. The molecule has 0 radical (unpaired) electrons. The number of rotatable bonds is 6. The summed E-state index contributed by atoms with van der Waals surface area (Å²) in [5, 5.41) is 0. The summed E-state index contributed by atoms with van der Waals surface area (Å²) in [7, 11) is -24.8. The Hall–Kier alpha value is 0.335. The van der Waals surface area contributed by atoms with Crippen LogP contribution in [0.5, 0.6) is 0 Å². The van der Waals surface area contributed by atoms with Gasteiger partial charge in [-0.15, -0.1) is 0 Å². The number of alkyl halides is 9. The van der Waals surface area contributed by atoms with Gasteiger partial charge in [0.15, 0.2) is 0 Å². The van der Waals surface area contributed by atoms with E-state index in [1.165, 1.54) is 0 Å². The summed E-state index contributed by atoms with van der Waals surface area (Å²) in [4.78, 5) is 0. The SMILES string of the molecule is O=S(=O)(SB(SS(=O)(=O)C(F)(F)F)SS(=O)(=O)C(F)(F)F)C(F)(F)F. The Labute approximate surface area is 144 Å². The van der Waals surface area contributed by atoms with Crippen molar-refractivity contribution in [3.05, 3.63) is 0 Å². The van der Waals surface area contributed by atoms with Gasteiger partial charge in [-0.3, -0.25) is 0 Å². The number of hydrogen-bond acceptors (Lipinski definition) is 9. The molecule has 0 aliphatic rings. The van der Waals surface area contributed by atoms with Gasteiger partial charge in [-0.25, -0.2) is 25.3 Å². The van der Waals surface area contributed by atoms with E-state index in [4.69, 9.17) is 0 Å². The zero-order valence-electron chi connectivity index (χ0n) is 10.4. The third kappa shape index (κ3) is 6.77. The molecule has 0 atom stereocenters. The van der Waals surface area contributed by atoms with Gasteiger partial charge >= 0.3 is 21.1 Å². The quantitative estimate of drug-likeness (QED) is 0.306. The van der Waals surface area contributed by atoms with Crippen LogP contribution in [0.1, 0.15) is 0 Å². The van der Waals surface area contributed by atoms with Crippen LogP contribution in [0.3, 0.4) is 0 Å². The van der Waals surface area contributed by atoms with E-state index in [1.807, 2.05) is 0 Å². The summed E-state index contributed by atoms with van der Waals surface area (Å²) in [5.41, 5.74) is -18.6. The van der Waals surface area contributed by atoms with Crippen molar-refractivity contribution < 1.29 is 64.8 Å². The third-order valence-electron chi connectivity index (χ3n) is 1.47. The van der Waals surface area contributed by atoms with Crippen LogP contribution in [0.25, 0.3) is 0 Å². The Morgan fingerprint density at radius 1 is 0.480 bits per heavy atom. The van der Waals surface area contributed by atoms with E-state index in [2.05, 4.69) is 0 Å². The molecule has 0 spiro atoms. The highest BCUT2D eigenvalue weighted by Crippen LogP contribution is 2.49. The molecular formula is C3BF9O6S6. The lowest BCUT2D eigenvalue weighted by Gasteiger charge is -2.15. The van der Waals surface area contributed by atoms with Gasteiger partial charge < -0.3 is 0 Å². The third-order valence-corrected chi connectivity index (χ3v) is 14.0. The van der Waals surface area contributed by atoms with E-state index in [0.29, 0.717) is 0 Å². The molecule has 150 valence electrons. The Balaban J connectivity index is 5.96. The van der Waals surface area contributed by atoms with E-state index in [0.717, 1.165) is 0 Å². The molecule has 0 aromatic carbocycles. The first-order chi connectivity index (χ1) is 10.5. The molecule has 0 heterocycles. The van der Waals surface area contributed by atoms with Gasteiger partial charge in [0.05, 0.1) is 0 Å². The normalized spacial score (nSPS) is 15.2. The molecule has 0 bridgehead atoms. The highest BCUT2D eigenvalue weighted by molar-refractivity contribution is 9.15. The van der Waals surface area contributed by atoms with Crippen LogP contribution < -0.4 is 0 Å². The second-order valence-electron chi connectivity index (χ2n) is 3.28. The lowest BCUT2D eigenvalue weighted by Crippen LogP contribution is -2.28. The van der Waals surface area contributed by atoms with Crippen molar-refractivity contribution in [1.29, 1.82) is 0 Å². The number of hydrogen-bond donors (Lipinski definition) is 0. The van der Waals surface area contributed by atoms with Crippen LogP contribution >= 0.6 is 31.9 Å². The molecule has 0 aliphatic carbocycles. The fourth-order valence-corrected chi connectivity index (χ4v) is 13.7. The summed E-state index contributed by atoms with van der Waals surface area (Å²) >= 11 is 0. The lowest BCUT2D eigenvalue weighted by molar-refractivity contribution is -0.0416. The van der Waals surface area contributed by atoms with Crippen LogP contribution in [-0.4, -0.2) is 46.3 Å². The first-order valence-corrected chi connectivity index (χ1v) is 13.2. The fourth-order valence-electron chi connectivity index (χ4n) is 0.522. The van der Waals surface area contributed by atoms with Crippen molar-refractivity contribution in [2.75, 3.05) is 0 Å². The summed E-state index contributed by atoms with van der Waals surface area (Å²) in [6.07, 6.45) is 0. The lowest BCUT2D eigenvalue weighted by atomic mass is 10.7. The van der Waals surface area contributed by atoms with Crippen molar-refractivity contribution >= 4 is 63.1 Å². The zero-order chi connectivity index (χ0) is 20.7. The Bertz CT molecular complexity index is 679. The summed E-state index contributed by atoms with van der Waals surface area (Å²) < 4.78 is 171. The molecule has 6 nitrogen and oxygen atoms in total. The monoisotopic (exact) mass is 506 g/mol. The average Bonchev–Trinajstić information content (AvgIpc) is 2.21. The van der Waals surface area contributed by atoms with E-state index < -0.39 is 79.6 Å². The largest absolute Gasteiger partial charge is 0.506 e. The molecule has 0 aromatic rings. The van der Waals surface area contributed by atoms with Crippen molar-refractivity contribution in [3.8, 4) is 0 Å². The van der Waals surface area contributed by atoms with Crippen LogP contribution in [0.15, 0.2) is 0 Å². The molecule has 0 aliphatic heterocycles. The topological polar surface area (TPSA) is 102 Å². The molecule has 0 saturated carbocycles. The molecule has 22 heteroatoms. The van der Waals surface area contributed by atoms with Gasteiger partial charge in [0, 0.05) is 0 Å². The van der Waals surface area contributed by atoms with Crippen molar-refractivity contribution in [1.82, 2.24) is 0 Å². The van der Waals surface area contributed by atoms with Crippen LogP contribution in [0.4, 0.5) is 39.5 Å². The van der Waals surface area contributed by atoms with E-state index in [1.54, 1.807) is 0 Å². The predicted octanol–water partition coefficient (Wildman–Crippen LogP) is 2.72. The van der Waals surface area contributed by atoms with Gasteiger partial charge in [0.2, 0.25) is 0 Å². The van der Waals surface area contributed by atoms with Crippen LogP contribution in [-0.2, 0) is 26.6 Å². The first-order valence-electron chi connectivity index (χ1n) is 4.52. The maximum absolute atomic E-state index is 12.2. The first kappa shape index (κ1) is 25.3. The fraction of sp³-hybridized carbons (Fsp3) is 1.00. The summed E-state index contributed by atoms with van der Waals surface area (Å²) in [6, 6.07) is 0. The minimum absolute atomic E-state index is 1.75. The molecule has 0 fully saturated rings. The average molecular weight is 506 g/mol. The van der Waals surface area contributed by atoms with Gasteiger partial charge in [0.25, 0.3) is 26.6 Å². The highest BCUT2D eigenvalue weighted by Gasteiger charge is 2.57. The molecule has 0 amide bonds.